The molecule has 1 aliphatic carbocycles. The van der Waals surface area contributed by atoms with Crippen LogP contribution in [0.5, 0.6) is 0 Å². The number of hydrogen-bond donors (Lipinski definition) is 1. The fourth-order valence-electron chi connectivity index (χ4n) is 4.38. The first kappa shape index (κ1) is 22.2. The van der Waals surface area contributed by atoms with Gasteiger partial charge in [-0.05, 0) is 76.1 Å². The molecule has 0 unspecified atom stereocenters. The van der Waals surface area contributed by atoms with Crippen molar-refractivity contribution in [1.82, 2.24) is 9.21 Å². The maximum Gasteiger partial charge on any atom is 0.243 e. The van der Waals surface area contributed by atoms with Gasteiger partial charge in [0.1, 0.15) is 0 Å². The smallest absolute Gasteiger partial charge is 0.243 e. The summed E-state index contributed by atoms with van der Waals surface area (Å²) in [6.45, 7) is 5.64. The third kappa shape index (κ3) is 5.58. The Kier molecular flexibility index (Phi) is 7.35. The Bertz CT molecular complexity index is 811. The van der Waals surface area contributed by atoms with Crippen LogP contribution in [0.3, 0.4) is 0 Å². The van der Waals surface area contributed by atoms with Crippen molar-refractivity contribution < 1.29 is 13.2 Å². The van der Waals surface area contributed by atoms with E-state index in [0.29, 0.717) is 31.4 Å². The minimum Gasteiger partial charge on any atom is -0.325 e. The second-order valence-electron chi connectivity index (χ2n) is 8.82. The van der Waals surface area contributed by atoms with E-state index < -0.39 is 10.0 Å². The number of amides is 1. The largest absolute Gasteiger partial charge is 0.325 e. The highest BCUT2D eigenvalue weighted by molar-refractivity contribution is 7.89. The first-order chi connectivity index (χ1) is 13.8. The number of likely N-dealkylation sites (N-methyl/N-ethyl adjacent to an activating group) is 1. The van der Waals surface area contributed by atoms with Crippen molar-refractivity contribution in [2.45, 2.75) is 69.7 Å². The van der Waals surface area contributed by atoms with Gasteiger partial charge in [-0.1, -0.05) is 19.4 Å². The molecule has 6 nitrogen and oxygen atoms in total. The lowest BCUT2D eigenvalue weighted by atomic mass is 9.87. The van der Waals surface area contributed by atoms with E-state index in [1.165, 1.54) is 12.8 Å². The lowest BCUT2D eigenvalue weighted by molar-refractivity contribution is -0.117. The first-order valence-electron chi connectivity index (χ1n) is 10.9. The van der Waals surface area contributed by atoms with Crippen molar-refractivity contribution in [3.8, 4) is 0 Å². The topological polar surface area (TPSA) is 69.7 Å². The van der Waals surface area contributed by atoms with E-state index in [0.717, 1.165) is 43.6 Å². The van der Waals surface area contributed by atoms with Gasteiger partial charge in [0, 0.05) is 24.8 Å². The van der Waals surface area contributed by atoms with Gasteiger partial charge in [-0.3, -0.25) is 9.69 Å². The minimum absolute atomic E-state index is 0.0956. The van der Waals surface area contributed by atoms with Gasteiger partial charge in [0.2, 0.25) is 15.9 Å². The number of carbonyl (C=O) groups excluding carboxylic acids is 1. The summed E-state index contributed by atoms with van der Waals surface area (Å²) in [7, 11) is -1.51. The predicted molar refractivity (Wildman–Crippen MR) is 116 cm³/mol. The van der Waals surface area contributed by atoms with Crippen molar-refractivity contribution >= 4 is 21.6 Å². The number of piperidine rings is 1. The second kappa shape index (κ2) is 9.58. The molecule has 1 N–H and O–H groups in total. The Balaban J connectivity index is 1.66. The molecule has 2 aliphatic rings. The highest BCUT2D eigenvalue weighted by Gasteiger charge is 2.27. The highest BCUT2D eigenvalue weighted by atomic mass is 32.2. The molecule has 1 amide bonds. The quantitative estimate of drug-likeness (QED) is 0.762. The van der Waals surface area contributed by atoms with Gasteiger partial charge in [0.25, 0.3) is 0 Å². The summed E-state index contributed by atoms with van der Waals surface area (Å²) < 4.78 is 27.5. The van der Waals surface area contributed by atoms with Gasteiger partial charge < -0.3 is 5.32 Å². The number of rotatable bonds is 6. The molecule has 0 spiro atoms. The monoisotopic (exact) mass is 421 g/mol. The number of benzene rings is 1. The molecule has 0 atom stereocenters. The molecule has 3 rings (SSSR count). The standard InChI is InChI=1S/C22H35N3O3S/c1-17-7-10-19(11-8-17)24(3)16-22(26)23-21-15-20(12-9-18(21)2)29(27,28)25-13-5-4-6-14-25/h9,12,15,17,19H,4-8,10-11,13-14,16H2,1-3H3,(H,23,26). The zero-order valence-electron chi connectivity index (χ0n) is 18.0. The zero-order valence-corrected chi connectivity index (χ0v) is 18.8. The molecule has 2 fully saturated rings. The highest BCUT2D eigenvalue weighted by Crippen LogP contribution is 2.27. The van der Waals surface area contributed by atoms with Gasteiger partial charge in [0.15, 0.2) is 0 Å². The predicted octanol–water partition coefficient (Wildman–Crippen LogP) is 3.62. The first-order valence-corrected chi connectivity index (χ1v) is 12.3. The van der Waals surface area contributed by atoms with Crippen LogP contribution < -0.4 is 5.32 Å². The number of sulfonamides is 1. The molecule has 1 saturated heterocycles. The maximum atomic E-state index is 13.0. The summed E-state index contributed by atoms with van der Waals surface area (Å²) in [5, 5.41) is 2.94. The number of aryl methyl sites for hydroxylation is 1. The number of carbonyl (C=O) groups is 1. The van der Waals surface area contributed by atoms with Crippen LogP contribution in [0.25, 0.3) is 0 Å². The van der Waals surface area contributed by atoms with Crippen molar-refractivity contribution in [3.63, 3.8) is 0 Å². The number of hydrogen-bond acceptors (Lipinski definition) is 4. The number of anilines is 1. The summed E-state index contributed by atoms with van der Waals surface area (Å²) in [4.78, 5) is 15.0. The molecule has 0 aromatic heterocycles. The van der Waals surface area contributed by atoms with Gasteiger partial charge >= 0.3 is 0 Å². The van der Waals surface area contributed by atoms with Crippen molar-refractivity contribution in [3.05, 3.63) is 23.8 Å². The maximum absolute atomic E-state index is 13.0. The van der Waals surface area contributed by atoms with Crippen LogP contribution in [0.4, 0.5) is 5.69 Å². The Hall–Kier alpha value is -1.44. The van der Waals surface area contributed by atoms with Crippen LogP contribution >= 0.6 is 0 Å². The van der Waals surface area contributed by atoms with E-state index >= 15 is 0 Å². The zero-order chi connectivity index (χ0) is 21.0. The van der Waals surface area contributed by atoms with Gasteiger partial charge in [-0.15, -0.1) is 0 Å². The molecule has 1 saturated carbocycles. The fourth-order valence-corrected chi connectivity index (χ4v) is 5.92. The van der Waals surface area contributed by atoms with Crippen LogP contribution in [0.2, 0.25) is 0 Å². The van der Waals surface area contributed by atoms with Crippen LogP contribution in [0.15, 0.2) is 23.1 Å². The molecule has 1 aromatic rings. The molecule has 29 heavy (non-hydrogen) atoms. The third-order valence-corrected chi connectivity index (χ3v) is 8.33. The normalized spacial score (nSPS) is 23.9. The molecular formula is C22H35N3O3S. The lowest BCUT2D eigenvalue weighted by Gasteiger charge is -2.33. The van der Waals surface area contributed by atoms with E-state index in [4.69, 9.17) is 0 Å². The number of nitrogens with one attached hydrogen (secondary N) is 1. The molecular weight excluding hydrogens is 386 g/mol. The summed E-state index contributed by atoms with van der Waals surface area (Å²) in [6, 6.07) is 5.48. The van der Waals surface area contributed by atoms with E-state index in [-0.39, 0.29) is 10.8 Å². The lowest BCUT2D eigenvalue weighted by Crippen LogP contribution is -2.40. The molecule has 1 aromatic carbocycles. The van der Waals surface area contributed by atoms with Crippen LogP contribution in [-0.2, 0) is 14.8 Å². The van der Waals surface area contributed by atoms with Gasteiger partial charge in [0.05, 0.1) is 11.4 Å². The average molecular weight is 422 g/mol. The van der Waals surface area contributed by atoms with Crippen LogP contribution in [0, 0.1) is 12.8 Å². The summed E-state index contributed by atoms with van der Waals surface area (Å²) >= 11 is 0. The SMILES string of the molecule is Cc1ccc(S(=O)(=O)N2CCCCC2)cc1NC(=O)CN(C)C1CCC(C)CC1. The third-order valence-electron chi connectivity index (χ3n) is 6.44. The Labute approximate surface area is 175 Å². The van der Waals surface area contributed by atoms with Crippen molar-refractivity contribution in [2.75, 3.05) is 32.0 Å². The van der Waals surface area contributed by atoms with E-state index in [9.17, 15) is 13.2 Å². The van der Waals surface area contributed by atoms with Gasteiger partial charge in [-0.2, -0.15) is 4.31 Å². The average Bonchev–Trinajstić information content (AvgIpc) is 2.70. The van der Waals surface area contributed by atoms with Crippen molar-refractivity contribution in [1.29, 1.82) is 0 Å². The Morgan fingerprint density at radius 1 is 1.14 bits per heavy atom. The molecule has 7 heteroatoms. The molecule has 1 heterocycles. The van der Waals surface area contributed by atoms with Gasteiger partial charge in [-0.25, -0.2) is 8.42 Å². The van der Waals surface area contributed by atoms with E-state index in [1.807, 2.05) is 14.0 Å². The number of nitrogens with zero attached hydrogens (tertiary/aromatic N) is 2. The molecule has 0 radical (unpaired) electrons. The molecule has 1 aliphatic heterocycles. The summed E-state index contributed by atoms with van der Waals surface area (Å²) in [5.41, 5.74) is 1.45. The Morgan fingerprint density at radius 3 is 2.45 bits per heavy atom. The second-order valence-corrected chi connectivity index (χ2v) is 10.8. The Morgan fingerprint density at radius 2 is 1.79 bits per heavy atom. The van der Waals surface area contributed by atoms with E-state index in [1.54, 1.807) is 22.5 Å². The molecule has 0 bridgehead atoms. The summed E-state index contributed by atoms with van der Waals surface area (Å²) in [5.74, 6) is 0.683. The summed E-state index contributed by atoms with van der Waals surface area (Å²) in [6.07, 6.45) is 7.58. The van der Waals surface area contributed by atoms with Crippen LogP contribution in [0.1, 0.15) is 57.4 Å². The van der Waals surface area contributed by atoms with Crippen LogP contribution in [-0.4, -0.2) is 56.3 Å². The minimum atomic E-state index is -3.51. The van der Waals surface area contributed by atoms with Crippen molar-refractivity contribution in [2.24, 2.45) is 5.92 Å². The van der Waals surface area contributed by atoms with E-state index in [2.05, 4.69) is 17.1 Å². The molecule has 162 valence electrons. The fraction of sp³-hybridized carbons (Fsp3) is 0.682.